The molecule has 86 heavy (non-hydrogen) atoms. The van der Waals surface area contributed by atoms with Crippen LogP contribution >= 0.6 is 7.82 Å². The summed E-state index contributed by atoms with van der Waals surface area (Å²) < 4.78 is 34.8. The zero-order valence-electron chi connectivity index (χ0n) is 58.1. The molecule has 0 bridgehead atoms. The minimum Gasteiger partial charge on any atom is -0.462 e. The van der Waals surface area contributed by atoms with Gasteiger partial charge >= 0.3 is 19.8 Å². The van der Waals surface area contributed by atoms with E-state index in [1.807, 2.05) is 21.1 Å². The monoisotopic (exact) mass is 1230 g/mol. The maximum absolute atomic E-state index is 12.9. The normalized spacial score (nSPS) is 13.2. The number of nitrogens with zero attached hydrogens (tertiary/aromatic N) is 1. The summed E-state index contributed by atoms with van der Waals surface area (Å²) in [5.41, 5.74) is 0. The Labute approximate surface area is 535 Å². The molecule has 0 aromatic carbocycles. The Kier molecular flexibility index (Phi) is 66.2. The van der Waals surface area contributed by atoms with Crippen molar-refractivity contribution >= 4 is 19.8 Å². The Morgan fingerprint density at radius 3 is 0.930 bits per heavy atom. The van der Waals surface area contributed by atoms with Gasteiger partial charge in [-0.15, -0.1) is 0 Å². The van der Waals surface area contributed by atoms with Crippen LogP contribution in [0.15, 0.2) is 36.5 Å². The van der Waals surface area contributed by atoms with Gasteiger partial charge in [0.1, 0.15) is 19.8 Å². The van der Waals surface area contributed by atoms with Crippen LogP contribution in [0.2, 0.25) is 0 Å². The molecule has 0 spiro atoms. The third-order valence-electron chi connectivity index (χ3n) is 17.1. The van der Waals surface area contributed by atoms with Crippen LogP contribution in [0.1, 0.15) is 386 Å². The van der Waals surface area contributed by atoms with Gasteiger partial charge in [0, 0.05) is 12.8 Å². The molecule has 508 valence electrons. The van der Waals surface area contributed by atoms with Crippen LogP contribution in [0.3, 0.4) is 0 Å². The van der Waals surface area contributed by atoms with Gasteiger partial charge in [-0.2, -0.15) is 0 Å². The molecule has 0 rings (SSSR count). The van der Waals surface area contributed by atoms with Gasteiger partial charge in [-0.05, 0) is 70.6 Å². The van der Waals surface area contributed by atoms with Crippen LogP contribution in [0, 0.1) is 0 Å². The Bertz CT molecular complexity index is 1540. The van der Waals surface area contributed by atoms with E-state index in [0.29, 0.717) is 23.9 Å². The lowest BCUT2D eigenvalue weighted by Crippen LogP contribution is -2.37. The third-order valence-corrected chi connectivity index (χ3v) is 18.1. The van der Waals surface area contributed by atoms with Crippen molar-refractivity contribution < 1.29 is 42.1 Å². The first-order valence-corrected chi connectivity index (χ1v) is 39.2. The smallest absolute Gasteiger partial charge is 0.462 e. The summed E-state index contributed by atoms with van der Waals surface area (Å²) in [6.45, 7) is 4.50. The average Bonchev–Trinajstić information content (AvgIpc) is 3.56. The van der Waals surface area contributed by atoms with Crippen molar-refractivity contribution in [2.75, 3.05) is 47.5 Å². The molecule has 0 saturated heterocycles. The number of allylic oxidation sites excluding steroid dienone is 6. The second kappa shape index (κ2) is 67.6. The fourth-order valence-electron chi connectivity index (χ4n) is 11.3. The number of rotatable bonds is 71. The zero-order valence-corrected chi connectivity index (χ0v) is 59.0. The van der Waals surface area contributed by atoms with E-state index >= 15 is 0 Å². The minimum absolute atomic E-state index is 0.0349. The molecule has 0 aromatic rings. The predicted molar refractivity (Wildman–Crippen MR) is 372 cm³/mol. The van der Waals surface area contributed by atoms with Crippen molar-refractivity contribution in [2.24, 2.45) is 0 Å². The highest BCUT2D eigenvalue weighted by molar-refractivity contribution is 7.47. The van der Waals surface area contributed by atoms with Crippen molar-refractivity contribution in [3.05, 3.63) is 36.5 Å². The summed E-state index contributed by atoms with van der Waals surface area (Å²) in [5, 5.41) is 0. The van der Waals surface area contributed by atoms with E-state index in [1.54, 1.807) is 0 Å². The molecule has 0 aliphatic carbocycles. The lowest BCUT2D eigenvalue weighted by Gasteiger charge is -2.24. The second-order valence-corrected chi connectivity index (χ2v) is 28.5. The number of esters is 2. The molecule has 0 saturated carbocycles. The highest BCUT2D eigenvalue weighted by atomic mass is 31.2. The number of hydrogen-bond acceptors (Lipinski definition) is 7. The molecule has 10 heteroatoms. The van der Waals surface area contributed by atoms with Crippen molar-refractivity contribution in [1.82, 2.24) is 0 Å². The van der Waals surface area contributed by atoms with Gasteiger partial charge in [-0.1, -0.05) is 339 Å². The topological polar surface area (TPSA) is 108 Å². The number of unbranched alkanes of at least 4 members (excludes halogenated alkanes) is 51. The SMILES string of the molecule is CCCCCCC/C=C\C/C=C\CCCCCCCCCCCCCCCCCCCCCC(=O)OC(COC(=O)CCCCCCCCCCCCCCCCCCCCC/C=C\CCCCCCCCCC)COP(=O)(O)OCC[N+](C)(C)C. The molecule has 0 amide bonds. The van der Waals surface area contributed by atoms with Gasteiger partial charge in [0.05, 0.1) is 27.7 Å². The fourth-order valence-corrected chi connectivity index (χ4v) is 12.1. The second-order valence-electron chi connectivity index (χ2n) is 27.0. The zero-order chi connectivity index (χ0) is 62.6. The van der Waals surface area contributed by atoms with E-state index in [9.17, 15) is 19.0 Å². The average molecular weight is 1230 g/mol. The molecular formula is C76H147NO8P+. The number of quaternary nitrogens is 1. The van der Waals surface area contributed by atoms with Crippen LogP contribution in [-0.4, -0.2) is 74.9 Å². The summed E-state index contributed by atoms with van der Waals surface area (Å²) in [6.07, 6.45) is 87.0. The Morgan fingerprint density at radius 2 is 0.628 bits per heavy atom. The summed E-state index contributed by atoms with van der Waals surface area (Å²) in [5.74, 6) is -0.773. The van der Waals surface area contributed by atoms with E-state index in [-0.39, 0.29) is 25.6 Å². The van der Waals surface area contributed by atoms with E-state index in [1.165, 1.54) is 315 Å². The molecule has 0 fully saturated rings. The first-order valence-electron chi connectivity index (χ1n) is 37.7. The number of ether oxygens (including phenoxy) is 2. The molecular weight excluding hydrogens is 1090 g/mol. The first-order chi connectivity index (χ1) is 42.0. The van der Waals surface area contributed by atoms with E-state index in [0.717, 1.165) is 38.5 Å². The molecule has 0 aliphatic rings. The van der Waals surface area contributed by atoms with Crippen LogP contribution in [0.5, 0.6) is 0 Å². The molecule has 2 unspecified atom stereocenters. The fraction of sp³-hybridized carbons (Fsp3) is 0.895. The summed E-state index contributed by atoms with van der Waals surface area (Å²) in [6, 6.07) is 0. The summed E-state index contributed by atoms with van der Waals surface area (Å²) >= 11 is 0. The van der Waals surface area contributed by atoms with Gasteiger partial charge in [0.15, 0.2) is 6.10 Å². The maximum Gasteiger partial charge on any atom is 0.472 e. The van der Waals surface area contributed by atoms with Crippen LogP contribution in [-0.2, 0) is 32.7 Å². The molecule has 0 aliphatic heterocycles. The Hall–Kier alpha value is -1.77. The van der Waals surface area contributed by atoms with Gasteiger partial charge < -0.3 is 18.9 Å². The predicted octanol–water partition coefficient (Wildman–Crippen LogP) is 24.6. The Balaban J connectivity index is 3.95. The van der Waals surface area contributed by atoms with Crippen molar-refractivity contribution in [1.29, 1.82) is 0 Å². The van der Waals surface area contributed by atoms with Crippen molar-refractivity contribution in [3.63, 3.8) is 0 Å². The highest BCUT2D eigenvalue weighted by Crippen LogP contribution is 2.43. The van der Waals surface area contributed by atoms with Crippen LogP contribution in [0.25, 0.3) is 0 Å². The molecule has 2 atom stereocenters. The van der Waals surface area contributed by atoms with E-state index in [4.69, 9.17) is 18.5 Å². The van der Waals surface area contributed by atoms with E-state index < -0.39 is 26.5 Å². The number of phosphoric ester groups is 1. The maximum atomic E-state index is 12.9. The summed E-state index contributed by atoms with van der Waals surface area (Å²) in [4.78, 5) is 35.9. The number of phosphoric acid groups is 1. The first kappa shape index (κ1) is 84.2. The largest absolute Gasteiger partial charge is 0.472 e. The van der Waals surface area contributed by atoms with Gasteiger partial charge in [-0.25, -0.2) is 4.57 Å². The quantitative estimate of drug-likeness (QED) is 0.0211. The lowest BCUT2D eigenvalue weighted by molar-refractivity contribution is -0.870. The number of carbonyl (C=O) groups excluding carboxylic acids is 2. The molecule has 0 aromatic heterocycles. The molecule has 0 heterocycles. The van der Waals surface area contributed by atoms with E-state index in [2.05, 4.69) is 50.3 Å². The Morgan fingerprint density at radius 1 is 0.360 bits per heavy atom. The molecule has 9 nitrogen and oxygen atoms in total. The molecule has 0 radical (unpaired) electrons. The van der Waals surface area contributed by atoms with Gasteiger partial charge in [0.2, 0.25) is 0 Å². The van der Waals surface area contributed by atoms with Crippen LogP contribution in [0.4, 0.5) is 0 Å². The van der Waals surface area contributed by atoms with Gasteiger partial charge in [-0.3, -0.25) is 18.6 Å². The van der Waals surface area contributed by atoms with Crippen LogP contribution < -0.4 is 0 Å². The van der Waals surface area contributed by atoms with Crippen molar-refractivity contribution in [3.8, 4) is 0 Å². The van der Waals surface area contributed by atoms with Gasteiger partial charge in [0.25, 0.3) is 0 Å². The third kappa shape index (κ3) is 71.3. The minimum atomic E-state index is -4.39. The standard InChI is InChI=1S/C76H146NO8P/c1-6-8-10-12-14-16-18-20-22-24-26-28-30-32-34-36-38-40-42-44-46-48-50-52-54-56-58-60-62-64-66-68-75(78)82-72-74(73-84-86(80,81)83-71-70-77(3,4)5)85-76(79)69-67-65-63-61-59-57-55-53-51-49-47-45-43-41-39-37-35-33-31-29-27-25-23-21-19-17-15-13-11-9-7-2/h19,21,24-27,74H,6-18,20,22-23,28-73H2,1-5H3/p+1/b21-19-,26-24-,27-25-. The molecule has 1 N–H and O–H groups in total. The highest BCUT2D eigenvalue weighted by Gasteiger charge is 2.27. The van der Waals surface area contributed by atoms with Crippen molar-refractivity contribution in [2.45, 2.75) is 392 Å². The summed E-state index contributed by atoms with van der Waals surface area (Å²) in [7, 11) is 1.50. The number of likely N-dealkylation sites (N-methyl/N-ethyl adjacent to an activating group) is 1. The number of carbonyl (C=O) groups is 2. The number of hydrogen-bond donors (Lipinski definition) is 1. The lowest BCUT2D eigenvalue weighted by atomic mass is 10.0.